The average Bonchev–Trinajstić information content (AvgIpc) is 2.90. The number of ether oxygens (including phenoxy) is 1. The quantitative estimate of drug-likeness (QED) is 0.232. The van der Waals surface area contributed by atoms with Gasteiger partial charge in [0, 0.05) is 21.3 Å². The summed E-state index contributed by atoms with van der Waals surface area (Å²) in [6, 6.07) is 31.6. The van der Waals surface area contributed by atoms with Gasteiger partial charge in [0.15, 0.2) is 6.61 Å². The van der Waals surface area contributed by atoms with Crippen molar-refractivity contribution >= 4 is 46.6 Å². The predicted octanol–water partition coefficient (Wildman–Crippen LogP) is 7.14. The van der Waals surface area contributed by atoms with E-state index in [-0.39, 0.29) is 18.4 Å². The number of carbonyl (C=O) groups excluding carboxylic acids is 2. The summed E-state index contributed by atoms with van der Waals surface area (Å²) < 4.78 is 5.49. The number of para-hydroxylation sites is 1. The van der Waals surface area contributed by atoms with E-state index >= 15 is 0 Å². The highest BCUT2D eigenvalue weighted by atomic mass is 35.5. The van der Waals surface area contributed by atoms with E-state index in [4.69, 9.17) is 16.3 Å². The second-order valence-electron chi connectivity index (χ2n) is 7.98. The first-order chi connectivity index (χ1) is 17.5. The number of halogens is 1. The predicted molar refractivity (Wildman–Crippen MR) is 147 cm³/mol. The van der Waals surface area contributed by atoms with Crippen LogP contribution in [0.3, 0.4) is 0 Å². The number of amides is 2. The van der Waals surface area contributed by atoms with Crippen LogP contribution in [0.2, 0.25) is 5.02 Å². The number of nitrogens with one attached hydrogen (secondary N) is 2. The molecule has 5 nitrogen and oxygen atoms in total. The normalized spacial score (nSPS) is 11.4. The van der Waals surface area contributed by atoms with E-state index < -0.39 is 5.25 Å². The lowest BCUT2D eigenvalue weighted by atomic mass is 10.1. The van der Waals surface area contributed by atoms with Crippen molar-refractivity contribution in [1.82, 2.24) is 0 Å². The van der Waals surface area contributed by atoms with Crippen LogP contribution in [0.25, 0.3) is 0 Å². The third kappa shape index (κ3) is 6.90. The number of thioether (sulfide) groups is 1. The zero-order chi connectivity index (χ0) is 25.3. The molecule has 4 rings (SSSR count). The van der Waals surface area contributed by atoms with Gasteiger partial charge in [0.2, 0.25) is 5.91 Å². The van der Waals surface area contributed by atoms with Gasteiger partial charge in [-0.25, -0.2) is 0 Å². The Morgan fingerprint density at radius 2 is 1.50 bits per heavy atom. The SMILES string of the molecule is Cc1c(Cl)cccc1NC(=O)C(Sc1ccc(NC(=O)COc2ccccc2)cc1)c1ccccc1. The Balaban J connectivity index is 1.42. The molecule has 2 N–H and O–H groups in total. The molecule has 2 amide bonds. The third-order valence-corrected chi connectivity index (χ3v) is 7.05. The van der Waals surface area contributed by atoms with E-state index in [1.54, 1.807) is 18.2 Å². The van der Waals surface area contributed by atoms with Crippen LogP contribution >= 0.6 is 23.4 Å². The minimum absolute atomic E-state index is 0.0836. The van der Waals surface area contributed by atoms with Gasteiger partial charge in [0.1, 0.15) is 11.0 Å². The fourth-order valence-corrected chi connectivity index (χ4v) is 4.66. The summed E-state index contributed by atoms with van der Waals surface area (Å²) in [7, 11) is 0. The molecule has 0 aliphatic carbocycles. The molecule has 0 radical (unpaired) electrons. The van der Waals surface area contributed by atoms with Crippen LogP contribution < -0.4 is 15.4 Å². The van der Waals surface area contributed by atoms with Crippen molar-refractivity contribution in [2.45, 2.75) is 17.1 Å². The zero-order valence-corrected chi connectivity index (χ0v) is 21.2. The average molecular weight is 517 g/mol. The lowest BCUT2D eigenvalue weighted by Crippen LogP contribution is -2.20. The Hall–Kier alpha value is -3.74. The maximum Gasteiger partial charge on any atom is 0.262 e. The van der Waals surface area contributed by atoms with Crippen LogP contribution in [0.4, 0.5) is 11.4 Å². The van der Waals surface area contributed by atoms with Gasteiger partial charge in [0.05, 0.1) is 0 Å². The number of carbonyl (C=O) groups is 2. The van der Waals surface area contributed by atoms with Crippen LogP contribution in [0, 0.1) is 6.92 Å². The van der Waals surface area contributed by atoms with Crippen molar-refractivity contribution in [3.8, 4) is 5.75 Å². The zero-order valence-electron chi connectivity index (χ0n) is 19.6. The van der Waals surface area contributed by atoms with Gasteiger partial charge >= 0.3 is 0 Å². The summed E-state index contributed by atoms with van der Waals surface area (Å²) in [6.07, 6.45) is 0. The molecule has 0 saturated heterocycles. The number of hydrogen-bond donors (Lipinski definition) is 2. The molecule has 0 bridgehead atoms. The fraction of sp³-hybridized carbons (Fsp3) is 0.103. The number of rotatable bonds is 9. The van der Waals surface area contributed by atoms with E-state index in [1.165, 1.54) is 11.8 Å². The van der Waals surface area contributed by atoms with E-state index in [0.717, 1.165) is 16.0 Å². The molecule has 1 atom stereocenters. The first kappa shape index (κ1) is 25.4. The van der Waals surface area contributed by atoms with Gasteiger partial charge in [-0.1, -0.05) is 66.2 Å². The van der Waals surface area contributed by atoms with Crippen molar-refractivity contribution in [1.29, 1.82) is 0 Å². The highest BCUT2D eigenvalue weighted by Crippen LogP contribution is 2.37. The van der Waals surface area contributed by atoms with Crippen LogP contribution in [0.15, 0.2) is 108 Å². The number of benzene rings is 4. The van der Waals surface area contributed by atoms with Crippen molar-refractivity contribution in [3.63, 3.8) is 0 Å². The fourth-order valence-electron chi connectivity index (χ4n) is 3.46. The molecule has 36 heavy (non-hydrogen) atoms. The van der Waals surface area contributed by atoms with Gasteiger partial charge in [-0.2, -0.15) is 0 Å². The lowest BCUT2D eigenvalue weighted by Gasteiger charge is -2.18. The first-order valence-corrected chi connectivity index (χ1v) is 12.6. The molecule has 0 spiro atoms. The van der Waals surface area contributed by atoms with Gasteiger partial charge in [-0.3, -0.25) is 9.59 Å². The standard InChI is InChI=1S/C29H25ClN2O3S/c1-20-25(30)13-8-14-26(20)32-29(34)28(21-9-4-2-5-10-21)36-24-17-15-22(16-18-24)31-27(33)19-35-23-11-6-3-7-12-23/h2-18,28H,19H2,1H3,(H,31,33)(H,32,34). The summed E-state index contributed by atoms with van der Waals surface area (Å²) in [5, 5.41) is 5.96. The molecule has 0 aromatic heterocycles. The van der Waals surface area contributed by atoms with Crippen LogP contribution in [0.1, 0.15) is 16.4 Å². The third-order valence-electron chi connectivity index (χ3n) is 5.37. The van der Waals surface area contributed by atoms with Crippen LogP contribution in [-0.4, -0.2) is 18.4 Å². The summed E-state index contributed by atoms with van der Waals surface area (Å²) in [5.74, 6) is 0.238. The molecule has 0 saturated carbocycles. The molecule has 4 aromatic rings. The maximum atomic E-state index is 13.3. The van der Waals surface area contributed by atoms with Crippen molar-refractivity contribution in [2.24, 2.45) is 0 Å². The largest absolute Gasteiger partial charge is 0.484 e. The first-order valence-electron chi connectivity index (χ1n) is 11.3. The Bertz CT molecular complexity index is 1320. The molecule has 0 fully saturated rings. The summed E-state index contributed by atoms with van der Waals surface area (Å²) >= 11 is 7.66. The monoisotopic (exact) mass is 516 g/mol. The van der Waals surface area contributed by atoms with Crippen molar-refractivity contribution < 1.29 is 14.3 Å². The van der Waals surface area contributed by atoms with E-state index in [2.05, 4.69) is 10.6 Å². The summed E-state index contributed by atoms with van der Waals surface area (Å²) in [5.41, 5.74) is 3.04. The van der Waals surface area contributed by atoms with Gasteiger partial charge in [-0.05, 0) is 66.6 Å². The smallest absolute Gasteiger partial charge is 0.262 e. The molecule has 1 unspecified atom stereocenters. The molecule has 4 aromatic carbocycles. The number of anilines is 2. The Morgan fingerprint density at radius 1 is 0.833 bits per heavy atom. The highest BCUT2D eigenvalue weighted by Gasteiger charge is 2.23. The molecule has 0 aliphatic heterocycles. The molecular formula is C29H25ClN2O3S. The second kappa shape index (κ2) is 12.3. The minimum atomic E-state index is -0.482. The van der Waals surface area contributed by atoms with Crippen molar-refractivity contribution in [2.75, 3.05) is 17.2 Å². The molecule has 7 heteroatoms. The van der Waals surface area contributed by atoms with Gasteiger partial charge < -0.3 is 15.4 Å². The Labute approximate surface area is 219 Å². The van der Waals surface area contributed by atoms with E-state index in [9.17, 15) is 9.59 Å². The molecule has 182 valence electrons. The number of hydrogen-bond acceptors (Lipinski definition) is 4. The van der Waals surface area contributed by atoms with Crippen LogP contribution in [-0.2, 0) is 9.59 Å². The molecule has 0 aliphatic rings. The topological polar surface area (TPSA) is 67.4 Å². The Morgan fingerprint density at radius 3 is 2.19 bits per heavy atom. The van der Waals surface area contributed by atoms with Gasteiger partial charge in [0.25, 0.3) is 5.91 Å². The maximum absolute atomic E-state index is 13.3. The summed E-state index contributed by atoms with van der Waals surface area (Å²) in [6.45, 7) is 1.79. The Kier molecular flexibility index (Phi) is 8.66. The van der Waals surface area contributed by atoms with E-state index in [0.29, 0.717) is 22.1 Å². The van der Waals surface area contributed by atoms with Crippen molar-refractivity contribution in [3.05, 3.63) is 119 Å². The molecule has 0 heterocycles. The highest BCUT2D eigenvalue weighted by molar-refractivity contribution is 8.00. The van der Waals surface area contributed by atoms with E-state index in [1.807, 2.05) is 91.9 Å². The van der Waals surface area contributed by atoms with Gasteiger partial charge in [-0.15, -0.1) is 11.8 Å². The molecular weight excluding hydrogens is 492 g/mol. The van der Waals surface area contributed by atoms with Crippen LogP contribution in [0.5, 0.6) is 5.75 Å². The lowest BCUT2D eigenvalue weighted by molar-refractivity contribution is -0.118. The second-order valence-corrected chi connectivity index (χ2v) is 9.57. The summed E-state index contributed by atoms with van der Waals surface area (Å²) in [4.78, 5) is 26.5. The minimum Gasteiger partial charge on any atom is -0.484 e.